The second kappa shape index (κ2) is 10.5. The molecule has 0 aromatic carbocycles. The molecule has 2 fully saturated rings. The van der Waals surface area contributed by atoms with Crippen molar-refractivity contribution < 1.29 is 14.7 Å². The van der Waals surface area contributed by atoms with Gasteiger partial charge in [0.2, 0.25) is 6.41 Å². The highest BCUT2D eigenvalue weighted by Gasteiger charge is 2.30. The van der Waals surface area contributed by atoms with Gasteiger partial charge in [-0.15, -0.1) is 12.4 Å². The minimum absolute atomic E-state index is 0. The van der Waals surface area contributed by atoms with Gasteiger partial charge in [0, 0.05) is 50.3 Å². The van der Waals surface area contributed by atoms with Gasteiger partial charge in [-0.05, 0) is 50.2 Å². The lowest BCUT2D eigenvalue weighted by Crippen LogP contribution is -2.51. The maximum Gasteiger partial charge on any atom is 0.326 e. The van der Waals surface area contributed by atoms with Crippen LogP contribution in [0.1, 0.15) is 32.1 Å². The van der Waals surface area contributed by atoms with Gasteiger partial charge in [0.25, 0.3) is 0 Å². The molecule has 1 aliphatic heterocycles. The molecule has 2 aliphatic rings. The SMILES string of the molecule is Cl.O=CNC(CC1CCC(N2CCN(c3ccncc3)CC2)CC1)C(=O)O. The predicted octanol–water partition coefficient (Wildman–Crippen LogP) is 1.77. The third kappa shape index (κ3) is 5.81. The summed E-state index contributed by atoms with van der Waals surface area (Å²) in [6.45, 7) is 4.22. The Kier molecular flexibility index (Phi) is 8.31. The number of halogens is 1. The number of carbonyl (C=O) groups is 2. The second-order valence-corrected chi connectivity index (χ2v) is 7.31. The Hall–Kier alpha value is -1.86. The van der Waals surface area contributed by atoms with Crippen molar-refractivity contribution in [3.63, 3.8) is 0 Å². The van der Waals surface area contributed by atoms with E-state index in [1.807, 2.05) is 12.4 Å². The minimum atomic E-state index is -0.938. The van der Waals surface area contributed by atoms with Gasteiger partial charge < -0.3 is 15.3 Å². The highest BCUT2D eigenvalue weighted by Crippen LogP contribution is 2.31. The predicted molar refractivity (Wildman–Crippen MR) is 106 cm³/mol. The Labute approximate surface area is 166 Å². The van der Waals surface area contributed by atoms with Crippen molar-refractivity contribution in [1.82, 2.24) is 15.2 Å². The number of amides is 1. The fourth-order valence-corrected chi connectivity index (χ4v) is 4.30. The van der Waals surface area contributed by atoms with E-state index in [2.05, 4.69) is 32.2 Å². The van der Waals surface area contributed by atoms with Crippen molar-refractivity contribution in [1.29, 1.82) is 0 Å². The largest absolute Gasteiger partial charge is 0.480 e. The maximum atomic E-state index is 11.2. The number of carboxylic acid groups (broad SMARTS) is 1. The van der Waals surface area contributed by atoms with Gasteiger partial charge in [-0.1, -0.05) is 0 Å². The molecule has 0 spiro atoms. The Morgan fingerprint density at radius 2 is 1.81 bits per heavy atom. The highest BCUT2D eigenvalue weighted by atomic mass is 35.5. The normalized spacial score (nSPS) is 24.5. The molecule has 1 unspecified atom stereocenters. The quantitative estimate of drug-likeness (QED) is 0.683. The van der Waals surface area contributed by atoms with Crippen LogP contribution in [0.25, 0.3) is 0 Å². The average molecular weight is 397 g/mol. The summed E-state index contributed by atoms with van der Waals surface area (Å²) in [5.74, 6) is -0.552. The molecule has 1 aromatic heterocycles. The van der Waals surface area contributed by atoms with Gasteiger partial charge in [-0.2, -0.15) is 0 Å². The van der Waals surface area contributed by atoms with E-state index in [-0.39, 0.29) is 12.4 Å². The molecule has 27 heavy (non-hydrogen) atoms. The number of hydrogen-bond donors (Lipinski definition) is 2. The van der Waals surface area contributed by atoms with E-state index < -0.39 is 12.0 Å². The molecular formula is C19H29ClN4O3. The molecule has 3 rings (SSSR count). The first-order chi connectivity index (χ1) is 12.7. The fourth-order valence-electron chi connectivity index (χ4n) is 4.30. The number of carbonyl (C=O) groups excluding carboxylic acids is 1. The van der Waals surface area contributed by atoms with Crippen LogP contribution in [0.3, 0.4) is 0 Å². The third-order valence-electron chi connectivity index (χ3n) is 5.81. The van der Waals surface area contributed by atoms with Gasteiger partial charge in [0.15, 0.2) is 0 Å². The number of piperazine rings is 1. The zero-order chi connectivity index (χ0) is 18.4. The van der Waals surface area contributed by atoms with Crippen LogP contribution in [0, 0.1) is 5.92 Å². The Bertz CT molecular complexity index is 588. The molecule has 1 saturated carbocycles. The first-order valence-corrected chi connectivity index (χ1v) is 9.49. The molecule has 8 heteroatoms. The van der Waals surface area contributed by atoms with Crippen molar-refractivity contribution in [3.8, 4) is 0 Å². The summed E-state index contributed by atoms with van der Waals surface area (Å²) in [4.78, 5) is 30.8. The number of aliphatic carboxylic acids is 1. The lowest BCUT2D eigenvalue weighted by molar-refractivity contribution is -0.141. The lowest BCUT2D eigenvalue weighted by atomic mass is 9.81. The van der Waals surface area contributed by atoms with Crippen molar-refractivity contribution in [2.45, 2.75) is 44.2 Å². The summed E-state index contributed by atoms with van der Waals surface area (Å²) in [5.41, 5.74) is 1.24. The van der Waals surface area contributed by atoms with E-state index in [1.165, 1.54) is 5.69 Å². The third-order valence-corrected chi connectivity index (χ3v) is 5.81. The average Bonchev–Trinajstić information content (AvgIpc) is 2.69. The van der Waals surface area contributed by atoms with Crippen LogP contribution < -0.4 is 10.2 Å². The van der Waals surface area contributed by atoms with Crippen LogP contribution >= 0.6 is 12.4 Å². The fraction of sp³-hybridized carbons (Fsp3) is 0.632. The van der Waals surface area contributed by atoms with Crippen LogP contribution in [0.2, 0.25) is 0 Å². The Balaban J connectivity index is 0.00000261. The van der Waals surface area contributed by atoms with E-state index >= 15 is 0 Å². The molecule has 1 aromatic rings. The molecule has 0 bridgehead atoms. The van der Waals surface area contributed by atoms with E-state index in [9.17, 15) is 14.7 Å². The smallest absolute Gasteiger partial charge is 0.326 e. The lowest BCUT2D eigenvalue weighted by Gasteiger charge is -2.42. The molecule has 1 atom stereocenters. The monoisotopic (exact) mass is 396 g/mol. The van der Waals surface area contributed by atoms with Crippen molar-refractivity contribution in [3.05, 3.63) is 24.5 Å². The Morgan fingerprint density at radius 3 is 2.37 bits per heavy atom. The number of nitrogens with zero attached hydrogens (tertiary/aromatic N) is 3. The Morgan fingerprint density at radius 1 is 1.19 bits per heavy atom. The maximum absolute atomic E-state index is 11.2. The van der Waals surface area contributed by atoms with Crippen molar-refractivity contribution in [2.24, 2.45) is 5.92 Å². The standard InChI is InChI=1S/C19H28N4O3.ClH/c24-14-21-18(19(25)26)13-15-1-3-16(4-2-15)22-9-11-23(12-10-22)17-5-7-20-8-6-17;/h5-8,14-16,18H,1-4,9-13H2,(H,21,24)(H,25,26);1H. The summed E-state index contributed by atoms with van der Waals surface area (Å²) >= 11 is 0. The van der Waals surface area contributed by atoms with E-state index in [0.29, 0.717) is 24.8 Å². The molecule has 0 radical (unpaired) electrons. The van der Waals surface area contributed by atoms with Gasteiger partial charge in [0.05, 0.1) is 0 Å². The molecule has 1 aliphatic carbocycles. The molecule has 1 saturated heterocycles. The topological polar surface area (TPSA) is 85.8 Å². The van der Waals surface area contributed by atoms with Crippen LogP contribution in [-0.2, 0) is 9.59 Å². The first-order valence-electron chi connectivity index (χ1n) is 9.49. The van der Waals surface area contributed by atoms with Crippen LogP contribution in [0.4, 0.5) is 5.69 Å². The number of pyridine rings is 1. The zero-order valence-corrected chi connectivity index (χ0v) is 16.3. The summed E-state index contributed by atoms with van der Waals surface area (Å²) in [5, 5.41) is 11.6. The van der Waals surface area contributed by atoms with Gasteiger partial charge in [-0.3, -0.25) is 14.7 Å². The second-order valence-electron chi connectivity index (χ2n) is 7.31. The molecular weight excluding hydrogens is 368 g/mol. The number of carboxylic acids is 1. The van der Waals surface area contributed by atoms with Crippen LogP contribution in [0.5, 0.6) is 0 Å². The van der Waals surface area contributed by atoms with E-state index in [4.69, 9.17) is 0 Å². The summed E-state index contributed by atoms with van der Waals surface area (Å²) in [7, 11) is 0. The molecule has 1 amide bonds. The number of nitrogens with one attached hydrogen (secondary N) is 1. The van der Waals surface area contributed by atoms with Crippen molar-refractivity contribution in [2.75, 3.05) is 31.1 Å². The summed E-state index contributed by atoms with van der Waals surface area (Å²) in [6, 6.07) is 3.98. The number of aromatic nitrogens is 1. The van der Waals surface area contributed by atoms with Crippen LogP contribution in [0.15, 0.2) is 24.5 Å². The highest BCUT2D eigenvalue weighted by molar-refractivity contribution is 5.85. The van der Waals surface area contributed by atoms with E-state index in [0.717, 1.165) is 51.9 Å². The van der Waals surface area contributed by atoms with Gasteiger partial charge >= 0.3 is 5.97 Å². The molecule has 150 valence electrons. The van der Waals surface area contributed by atoms with Gasteiger partial charge in [0.1, 0.15) is 6.04 Å². The van der Waals surface area contributed by atoms with E-state index in [1.54, 1.807) is 0 Å². The summed E-state index contributed by atoms with van der Waals surface area (Å²) in [6.07, 6.45) is 9.03. The first kappa shape index (κ1) is 21.4. The number of hydrogen-bond acceptors (Lipinski definition) is 5. The zero-order valence-electron chi connectivity index (χ0n) is 15.5. The molecule has 7 nitrogen and oxygen atoms in total. The minimum Gasteiger partial charge on any atom is -0.480 e. The molecule has 2 N–H and O–H groups in total. The van der Waals surface area contributed by atoms with Crippen LogP contribution in [-0.4, -0.2) is 65.6 Å². The van der Waals surface area contributed by atoms with Crippen molar-refractivity contribution >= 4 is 30.5 Å². The van der Waals surface area contributed by atoms with Gasteiger partial charge in [-0.25, -0.2) is 4.79 Å². The number of rotatable bonds is 7. The number of anilines is 1. The molecule has 2 heterocycles. The summed E-state index contributed by atoms with van der Waals surface area (Å²) < 4.78 is 0.